The summed E-state index contributed by atoms with van der Waals surface area (Å²) in [6.07, 6.45) is 0. The molecule has 0 aromatic carbocycles. The molecule has 1 aromatic heterocycles. The highest BCUT2D eigenvalue weighted by molar-refractivity contribution is 6.00. The number of piperazine rings is 1. The van der Waals surface area contributed by atoms with Crippen molar-refractivity contribution in [3.8, 4) is 0 Å². The standard InChI is InChI=1S/C13H18N4O2/c1-8-7-10(9(2)16-15-8)11(18)17-6-5-14-12(19)13(17,3)4/h7H,5-6H2,1-4H3,(H,14,19). The Labute approximate surface area is 112 Å². The third-order valence-electron chi connectivity index (χ3n) is 3.43. The summed E-state index contributed by atoms with van der Waals surface area (Å²) in [5.41, 5.74) is 0.930. The Hall–Kier alpha value is -1.98. The minimum absolute atomic E-state index is 0.136. The fourth-order valence-electron chi connectivity index (χ4n) is 2.17. The van der Waals surface area contributed by atoms with Gasteiger partial charge in [-0.1, -0.05) is 0 Å². The molecular formula is C13H18N4O2. The third kappa shape index (κ3) is 2.30. The second kappa shape index (κ2) is 4.60. The second-order valence-electron chi connectivity index (χ2n) is 5.26. The van der Waals surface area contributed by atoms with E-state index in [2.05, 4.69) is 15.5 Å². The monoisotopic (exact) mass is 262 g/mol. The van der Waals surface area contributed by atoms with E-state index in [4.69, 9.17) is 0 Å². The van der Waals surface area contributed by atoms with Crippen LogP contribution in [0.25, 0.3) is 0 Å². The van der Waals surface area contributed by atoms with Crippen molar-refractivity contribution < 1.29 is 9.59 Å². The van der Waals surface area contributed by atoms with Crippen molar-refractivity contribution in [1.29, 1.82) is 0 Å². The zero-order valence-electron chi connectivity index (χ0n) is 11.6. The van der Waals surface area contributed by atoms with E-state index in [9.17, 15) is 9.59 Å². The van der Waals surface area contributed by atoms with E-state index in [1.54, 1.807) is 38.7 Å². The lowest BCUT2D eigenvalue weighted by Gasteiger charge is -2.41. The molecule has 0 aliphatic carbocycles. The molecule has 0 unspecified atom stereocenters. The van der Waals surface area contributed by atoms with Crippen molar-refractivity contribution in [2.75, 3.05) is 13.1 Å². The van der Waals surface area contributed by atoms with Crippen molar-refractivity contribution in [2.45, 2.75) is 33.2 Å². The maximum absolute atomic E-state index is 12.6. The average molecular weight is 262 g/mol. The maximum atomic E-state index is 12.6. The number of hydrogen-bond acceptors (Lipinski definition) is 4. The molecule has 6 nitrogen and oxygen atoms in total. The zero-order chi connectivity index (χ0) is 14.2. The van der Waals surface area contributed by atoms with Crippen LogP contribution in [-0.4, -0.2) is 45.5 Å². The van der Waals surface area contributed by atoms with Crippen molar-refractivity contribution in [3.63, 3.8) is 0 Å². The quantitative estimate of drug-likeness (QED) is 0.797. The lowest BCUT2D eigenvalue weighted by Crippen LogP contribution is -2.63. The van der Waals surface area contributed by atoms with Gasteiger partial charge < -0.3 is 10.2 Å². The van der Waals surface area contributed by atoms with Gasteiger partial charge in [-0.05, 0) is 33.8 Å². The predicted octanol–water partition coefficient (Wildman–Crippen LogP) is 0.444. The highest BCUT2D eigenvalue weighted by Gasteiger charge is 2.41. The van der Waals surface area contributed by atoms with E-state index in [0.29, 0.717) is 30.0 Å². The molecule has 1 fully saturated rings. The number of nitrogens with zero attached hydrogens (tertiary/aromatic N) is 3. The summed E-state index contributed by atoms with van der Waals surface area (Å²) >= 11 is 0. The fourth-order valence-corrected chi connectivity index (χ4v) is 2.17. The molecule has 1 N–H and O–H groups in total. The number of aryl methyl sites for hydroxylation is 2. The first kappa shape index (κ1) is 13.5. The molecule has 1 saturated heterocycles. The smallest absolute Gasteiger partial charge is 0.256 e. The van der Waals surface area contributed by atoms with Gasteiger partial charge in [-0.2, -0.15) is 10.2 Å². The molecule has 6 heteroatoms. The van der Waals surface area contributed by atoms with Crippen LogP contribution in [0.3, 0.4) is 0 Å². The Balaban J connectivity index is 2.38. The zero-order valence-corrected chi connectivity index (χ0v) is 11.6. The van der Waals surface area contributed by atoms with Gasteiger partial charge in [-0.15, -0.1) is 0 Å². The summed E-state index contributed by atoms with van der Waals surface area (Å²) in [4.78, 5) is 26.1. The Kier molecular flexibility index (Phi) is 3.26. The number of carbonyl (C=O) groups excluding carboxylic acids is 2. The van der Waals surface area contributed by atoms with Gasteiger partial charge in [0.25, 0.3) is 5.91 Å². The minimum atomic E-state index is -0.848. The summed E-state index contributed by atoms with van der Waals surface area (Å²) in [5, 5.41) is 10.7. The van der Waals surface area contributed by atoms with E-state index in [0.717, 1.165) is 0 Å². The molecule has 0 radical (unpaired) electrons. The summed E-state index contributed by atoms with van der Waals surface area (Å²) < 4.78 is 0. The minimum Gasteiger partial charge on any atom is -0.352 e. The van der Waals surface area contributed by atoms with Gasteiger partial charge in [0.2, 0.25) is 5.91 Å². The molecule has 0 atom stereocenters. The number of hydrogen-bond donors (Lipinski definition) is 1. The molecule has 1 aromatic rings. The van der Waals surface area contributed by atoms with Gasteiger partial charge in [0.15, 0.2) is 0 Å². The summed E-state index contributed by atoms with van der Waals surface area (Å²) in [7, 11) is 0. The van der Waals surface area contributed by atoms with E-state index < -0.39 is 5.54 Å². The van der Waals surface area contributed by atoms with Crippen LogP contribution in [0.5, 0.6) is 0 Å². The molecule has 2 rings (SSSR count). The first-order valence-electron chi connectivity index (χ1n) is 6.25. The van der Waals surface area contributed by atoms with Crippen molar-refractivity contribution in [2.24, 2.45) is 0 Å². The normalized spacial score (nSPS) is 18.1. The molecule has 2 heterocycles. The Morgan fingerprint density at radius 2 is 2.05 bits per heavy atom. The Bertz CT molecular complexity index is 539. The van der Waals surface area contributed by atoms with Gasteiger partial charge >= 0.3 is 0 Å². The van der Waals surface area contributed by atoms with Gasteiger partial charge in [-0.25, -0.2) is 0 Å². The molecular weight excluding hydrogens is 244 g/mol. The van der Waals surface area contributed by atoms with Crippen molar-refractivity contribution in [1.82, 2.24) is 20.4 Å². The Morgan fingerprint density at radius 1 is 1.37 bits per heavy atom. The van der Waals surface area contributed by atoms with Crippen LogP contribution in [0.1, 0.15) is 35.6 Å². The summed E-state index contributed by atoms with van der Waals surface area (Å²) in [6.45, 7) is 8.00. The lowest BCUT2D eigenvalue weighted by molar-refractivity contribution is -0.133. The number of carbonyl (C=O) groups is 2. The van der Waals surface area contributed by atoms with Crippen LogP contribution >= 0.6 is 0 Å². The van der Waals surface area contributed by atoms with E-state index in [-0.39, 0.29) is 11.8 Å². The fraction of sp³-hybridized carbons (Fsp3) is 0.538. The number of rotatable bonds is 1. The van der Waals surface area contributed by atoms with Crippen LogP contribution in [0.4, 0.5) is 0 Å². The largest absolute Gasteiger partial charge is 0.352 e. The lowest BCUT2D eigenvalue weighted by atomic mass is 9.97. The Morgan fingerprint density at radius 3 is 2.74 bits per heavy atom. The molecule has 102 valence electrons. The third-order valence-corrected chi connectivity index (χ3v) is 3.43. The molecule has 0 spiro atoms. The maximum Gasteiger partial charge on any atom is 0.256 e. The van der Waals surface area contributed by atoms with Crippen LogP contribution < -0.4 is 5.32 Å². The van der Waals surface area contributed by atoms with E-state index in [1.807, 2.05) is 0 Å². The average Bonchev–Trinajstić information content (AvgIpc) is 2.35. The SMILES string of the molecule is Cc1cc(C(=O)N2CCNC(=O)C2(C)C)c(C)nn1. The van der Waals surface area contributed by atoms with E-state index >= 15 is 0 Å². The van der Waals surface area contributed by atoms with Crippen LogP contribution in [0.2, 0.25) is 0 Å². The summed E-state index contributed by atoms with van der Waals surface area (Å²) in [5.74, 6) is -0.307. The molecule has 1 aliphatic rings. The highest BCUT2D eigenvalue weighted by atomic mass is 16.2. The summed E-state index contributed by atoms with van der Waals surface area (Å²) in [6, 6.07) is 1.72. The topological polar surface area (TPSA) is 75.2 Å². The van der Waals surface area contributed by atoms with Crippen LogP contribution in [-0.2, 0) is 4.79 Å². The van der Waals surface area contributed by atoms with Crippen molar-refractivity contribution >= 4 is 11.8 Å². The predicted molar refractivity (Wildman–Crippen MR) is 69.6 cm³/mol. The number of nitrogens with one attached hydrogen (secondary N) is 1. The second-order valence-corrected chi connectivity index (χ2v) is 5.26. The molecule has 0 bridgehead atoms. The van der Waals surface area contributed by atoms with Gasteiger partial charge in [0.05, 0.1) is 17.0 Å². The number of amides is 2. The van der Waals surface area contributed by atoms with Crippen LogP contribution in [0, 0.1) is 13.8 Å². The molecule has 2 amide bonds. The highest BCUT2D eigenvalue weighted by Crippen LogP contribution is 2.21. The molecule has 1 aliphatic heterocycles. The van der Waals surface area contributed by atoms with E-state index in [1.165, 1.54) is 0 Å². The molecule has 19 heavy (non-hydrogen) atoms. The first-order valence-corrected chi connectivity index (χ1v) is 6.25. The van der Waals surface area contributed by atoms with Gasteiger partial charge in [0, 0.05) is 13.1 Å². The van der Waals surface area contributed by atoms with Gasteiger partial charge in [-0.3, -0.25) is 9.59 Å². The van der Waals surface area contributed by atoms with Crippen LogP contribution in [0.15, 0.2) is 6.07 Å². The van der Waals surface area contributed by atoms with Gasteiger partial charge in [0.1, 0.15) is 5.54 Å². The first-order chi connectivity index (χ1) is 8.84. The number of aromatic nitrogens is 2. The molecule has 0 saturated carbocycles. The van der Waals surface area contributed by atoms with Crippen molar-refractivity contribution in [3.05, 3.63) is 23.0 Å².